The summed E-state index contributed by atoms with van der Waals surface area (Å²) < 4.78 is 5.34. The monoisotopic (exact) mass is 444 g/mol. The summed E-state index contributed by atoms with van der Waals surface area (Å²) in [6, 6.07) is 0. The fraction of sp³-hybridized carbons (Fsp3) is 0.700. The molecule has 0 aromatic rings. The standard InChI is InChI=1S/C30H52O2/c1-3-5-7-9-11-13-15-16-17-18-19-20-22-24-26-28-30(31)32-29-27-25-23-21-14-12-10-8-6-4-2/h10-16,21H,3-9,17-20,22-29H2,1-2H3/b12-10-,13-11-,16-15-,21-14+. The molecule has 0 amide bonds. The fourth-order valence-electron chi connectivity index (χ4n) is 3.39. The van der Waals surface area contributed by atoms with Crippen molar-refractivity contribution in [2.45, 2.75) is 129 Å². The number of rotatable bonds is 23. The van der Waals surface area contributed by atoms with Crippen LogP contribution in [0, 0.1) is 0 Å². The topological polar surface area (TPSA) is 26.3 Å². The summed E-state index contributed by atoms with van der Waals surface area (Å²) in [6.45, 7) is 5.03. The van der Waals surface area contributed by atoms with Gasteiger partial charge < -0.3 is 4.74 Å². The average Bonchev–Trinajstić information content (AvgIpc) is 2.80. The summed E-state index contributed by atoms with van der Waals surface area (Å²) in [5.41, 5.74) is 0. The van der Waals surface area contributed by atoms with Crippen LogP contribution in [0.5, 0.6) is 0 Å². The highest BCUT2D eigenvalue weighted by Crippen LogP contribution is 2.10. The van der Waals surface area contributed by atoms with Crippen LogP contribution in [0.2, 0.25) is 0 Å². The summed E-state index contributed by atoms with van der Waals surface area (Å²) in [5.74, 6) is -0.0210. The summed E-state index contributed by atoms with van der Waals surface area (Å²) in [5, 5.41) is 0. The van der Waals surface area contributed by atoms with Gasteiger partial charge in [-0.05, 0) is 57.8 Å². The second-order valence-electron chi connectivity index (χ2n) is 8.73. The predicted octanol–water partition coefficient (Wildman–Crippen LogP) is 9.82. The first kappa shape index (κ1) is 30.4. The van der Waals surface area contributed by atoms with Crippen molar-refractivity contribution < 1.29 is 9.53 Å². The Bertz CT molecular complexity index is 499. The zero-order chi connectivity index (χ0) is 23.4. The molecule has 0 saturated carbocycles. The highest BCUT2D eigenvalue weighted by molar-refractivity contribution is 5.69. The van der Waals surface area contributed by atoms with E-state index in [9.17, 15) is 4.79 Å². The Hall–Kier alpha value is -1.57. The van der Waals surface area contributed by atoms with E-state index in [1.807, 2.05) is 0 Å². The van der Waals surface area contributed by atoms with Crippen LogP contribution in [-0.4, -0.2) is 12.6 Å². The molecule has 184 valence electrons. The van der Waals surface area contributed by atoms with E-state index in [1.54, 1.807) is 0 Å². The van der Waals surface area contributed by atoms with Gasteiger partial charge in [-0.15, -0.1) is 0 Å². The number of allylic oxidation sites excluding steroid dienone is 8. The zero-order valence-electron chi connectivity index (χ0n) is 21.4. The Morgan fingerprint density at radius 1 is 0.531 bits per heavy atom. The van der Waals surface area contributed by atoms with Gasteiger partial charge in [0.25, 0.3) is 0 Å². The van der Waals surface area contributed by atoms with Gasteiger partial charge >= 0.3 is 5.97 Å². The van der Waals surface area contributed by atoms with Crippen molar-refractivity contribution in [1.82, 2.24) is 0 Å². The van der Waals surface area contributed by atoms with Crippen LogP contribution in [0.3, 0.4) is 0 Å². The van der Waals surface area contributed by atoms with Gasteiger partial charge in [-0.1, -0.05) is 114 Å². The number of hydrogen-bond donors (Lipinski definition) is 0. The Labute approximate surface area is 200 Å². The van der Waals surface area contributed by atoms with Crippen LogP contribution in [0.15, 0.2) is 48.6 Å². The lowest BCUT2D eigenvalue weighted by molar-refractivity contribution is -0.143. The van der Waals surface area contributed by atoms with Gasteiger partial charge in [0, 0.05) is 6.42 Å². The smallest absolute Gasteiger partial charge is 0.305 e. The second-order valence-corrected chi connectivity index (χ2v) is 8.73. The lowest BCUT2D eigenvalue weighted by atomic mass is 10.1. The predicted molar refractivity (Wildman–Crippen MR) is 142 cm³/mol. The van der Waals surface area contributed by atoms with Crippen LogP contribution in [-0.2, 0) is 9.53 Å². The molecule has 0 rings (SSSR count). The van der Waals surface area contributed by atoms with Crippen LogP contribution >= 0.6 is 0 Å². The lowest BCUT2D eigenvalue weighted by Crippen LogP contribution is -2.05. The molecular weight excluding hydrogens is 392 g/mol. The number of unbranched alkanes of at least 4 members (excludes halogenated alkanes) is 13. The molecule has 0 heterocycles. The lowest BCUT2D eigenvalue weighted by Gasteiger charge is -2.04. The van der Waals surface area contributed by atoms with Gasteiger partial charge in [0.2, 0.25) is 0 Å². The highest BCUT2D eigenvalue weighted by atomic mass is 16.5. The van der Waals surface area contributed by atoms with Crippen molar-refractivity contribution in [3.05, 3.63) is 48.6 Å². The van der Waals surface area contributed by atoms with Gasteiger partial charge in [-0.25, -0.2) is 0 Å². The number of hydrogen-bond acceptors (Lipinski definition) is 2. The summed E-state index contributed by atoms with van der Waals surface area (Å²) >= 11 is 0. The second kappa shape index (κ2) is 27.5. The van der Waals surface area contributed by atoms with E-state index in [-0.39, 0.29) is 5.97 Å². The fourth-order valence-corrected chi connectivity index (χ4v) is 3.39. The molecule has 0 atom stereocenters. The molecule has 0 bridgehead atoms. The Kier molecular flexibility index (Phi) is 26.1. The molecule has 0 aliphatic rings. The quantitative estimate of drug-likeness (QED) is 0.0890. The molecule has 2 nitrogen and oxygen atoms in total. The molecule has 0 radical (unpaired) electrons. The molecule has 0 fully saturated rings. The Morgan fingerprint density at radius 2 is 0.969 bits per heavy atom. The van der Waals surface area contributed by atoms with Crippen LogP contribution in [0.25, 0.3) is 0 Å². The highest BCUT2D eigenvalue weighted by Gasteiger charge is 2.02. The van der Waals surface area contributed by atoms with Gasteiger partial charge in [0.05, 0.1) is 6.61 Å². The van der Waals surface area contributed by atoms with E-state index in [0.29, 0.717) is 13.0 Å². The van der Waals surface area contributed by atoms with Crippen molar-refractivity contribution in [3.8, 4) is 0 Å². The van der Waals surface area contributed by atoms with Crippen molar-refractivity contribution in [2.24, 2.45) is 0 Å². The number of ether oxygens (including phenoxy) is 1. The van der Waals surface area contributed by atoms with E-state index in [0.717, 1.165) is 32.1 Å². The molecule has 0 aliphatic heterocycles. The van der Waals surface area contributed by atoms with Crippen molar-refractivity contribution >= 4 is 5.97 Å². The minimum atomic E-state index is -0.0210. The summed E-state index contributed by atoms with van der Waals surface area (Å²) in [7, 11) is 0. The Balaban J connectivity index is 3.33. The SMILES string of the molecule is CCCC/C=C\C=C\CCCCOC(=O)CCCCCCCC/C=C\C=C/CCCCC. The van der Waals surface area contributed by atoms with E-state index in [1.165, 1.54) is 77.0 Å². The van der Waals surface area contributed by atoms with Gasteiger partial charge in [0.15, 0.2) is 0 Å². The number of esters is 1. The normalized spacial score (nSPS) is 12.2. The molecule has 0 aliphatic carbocycles. The van der Waals surface area contributed by atoms with Crippen LogP contribution in [0.1, 0.15) is 129 Å². The number of carbonyl (C=O) groups excluding carboxylic acids is 1. The molecule has 2 heteroatoms. The molecule has 0 aromatic carbocycles. The maximum Gasteiger partial charge on any atom is 0.305 e. The third-order valence-corrected chi connectivity index (χ3v) is 5.50. The largest absolute Gasteiger partial charge is 0.466 e. The third kappa shape index (κ3) is 26.5. The minimum absolute atomic E-state index is 0.0210. The summed E-state index contributed by atoms with van der Waals surface area (Å²) in [4.78, 5) is 11.8. The Morgan fingerprint density at radius 3 is 1.53 bits per heavy atom. The van der Waals surface area contributed by atoms with E-state index in [2.05, 4.69) is 62.5 Å². The summed E-state index contributed by atoms with van der Waals surface area (Å²) in [6.07, 6.45) is 38.5. The minimum Gasteiger partial charge on any atom is -0.466 e. The molecule has 0 saturated heterocycles. The van der Waals surface area contributed by atoms with Crippen molar-refractivity contribution in [3.63, 3.8) is 0 Å². The molecule has 0 spiro atoms. The van der Waals surface area contributed by atoms with Crippen molar-refractivity contribution in [2.75, 3.05) is 6.61 Å². The van der Waals surface area contributed by atoms with Gasteiger partial charge in [0.1, 0.15) is 0 Å². The van der Waals surface area contributed by atoms with Crippen LogP contribution in [0.4, 0.5) is 0 Å². The zero-order valence-corrected chi connectivity index (χ0v) is 21.4. The van der Waals surface area contributed by atoms with Gasteiger partial charge in [-0.2, -0.15) is 0 Å². The number of carbonyl (C=O) groups is 1. The first-order valence-corrected chi connectivity index (χ1v) is 13.6. The first-order valence-electron chi connectivity index (χ1n) is 13.6. The van der Waals surface area contributed by atoms with Crippen molar-refractivity contribution in [1.29, 1.82) is 0 Å². The molecule has 0 unspecified atom stereocenters. The molecule has 32 heavy (non-hydrogen) atoms. The first-order chi connectivity index (χ1) is 15.8. The average molecular weight is 445 g/mol. The van der Waals surface area contributed by atoms with E-state index < -0.39 is 0 Å². The maximum absolute atomic E-state index is 11.8. The maximum atomic E-state index is 11.8. The third-order valence-electron chi connectivity index (χ3n) is 5.50. The van der Waals surface area contributed by atoms with E-state index >= 15 is 0 Å². The van der Waals surface area contributed by atoms with Gasteiger partial charge in [-0.3, -0.25) is 4.79 Å². The molecular formula is C30H52O2. The van der Waals surface area contributed by atoms with Crippen LogP contribution < -0.4 is 0 Å². The van der Waals surface area contributed by atoms with E-state index in [4.69, 9.17) is 4.74 Å². The molecule has 0 N–H and O–H groups in total. The molecule has 0 aromatic heterocycles.